The molecule has 1 heterocycles. The monoisotopic (exact) mass is 244 g/mol. The number of rotatable bonds is 1. The molecule has 1 aliphatic heterocycles. The quantitative estimate of drug-likeness (QED) is 0.717. The lowest BCUT2D eigenvalue weighted by Gasteiger charge is -2.10. The molecule has 0 saturated carbocycles. The average molecular weight is 245 g/mol. The van der Waals surface area contributed by atoms with Gasteiger partial charge in [-0.05, 0) is 23.8 Å². The van der Waals surface area contributed by atoms with Crippen molar-refractivity contribution in [3.63, 3.8) is 0 Å². The highest BCUT2D eigenvalue weighted by atomic mass is 35.5. The standard InChI is InChI=1S/C14H9ClO2/c15-10-7-5-9(6-8-10)13-11-3-1-2-4-12(11)14(16)17-13/h1-8,13H/t13-/m1/s1. The van der Waals surface area contributed by atoms with Gasteiger partial charge in [0.2, 0.25) is 0 Å². The lowest BCUT2D eigenvalue weighted by molar-refractivity contribution is 0.0456. The van der Waals surface area contributed by atoms with Crippen molar-refractivity contribution in [1.82, 2.24) is 0 Å². The van der Waals surface area contributed by atoms with E-state index < -0.39 is 0 Å². The van der Waals surface area contributed by atoms with Gasteiger partial charge >= 0.3 is 5.97 Å². The predicted molar refractivity (Wildman–Crippen MR) is 65.2 cm³/mol. The lowest BCUT2D eigenvalue weighted by Crippen LogP contribution is -2.00. The van der Waals surface area contributed by atoms with E-state index in [1.807, 2.05) is 30.3 Å². The number of hydrogen-bond acceptors (Lipinski definition) is 2. The zero-order valence-electron chi connectivity index (χ0n) is 8.89. The highest BCUT2D eigenvalue weighted by Crippen LogP contribution is 2.35. The van der Waals surface area contributed by atoms with Gasteiger partial charge < -0.3 is 4.74 Å². The molecule has 2 aromatic carbocycles. The smallest absolute Gasteiger partial charge is 0.339 e. The van der Waals surface area contributed by atoms with Crippen LogP contribution >= 0.6 is 11.6 Å². The van der Waals surface area contributed by atoms with Gasteiger partial charge in [-0.3, -0.25) is 0 Å². The van der Waals surface area contributed by atoms with Crippen molar-refractivity contribution in [1.29, 1.82) is 0 Å². The molecule has 3 heteroatoms. The minimum absolute atomic E-state index is 0.263. The normalized spacial score (nSPS) is 17.7. The van der Waals surface area contributed by atoms with Crippen molar-refractivity contribution in [2.75, 3.05) is 0 Å². The van der Waals surface area contributed by atoms with Gasteiger partial charge in [-0.25, -0.2) is 4.79 Å². The van der Waals surface area contributed by atoms with Crippen LogP contribution in [0.15, 0.2) is 48.5 Å². The van der Waals surface area contributed by atoms with E-state index in [0.717, 1.165) is 11.1 Å². The number of cyclic esters (lactones) is 1. The van der Waals surface area contributed by atoms with Crippen molar-refractivity contribution < 1.29 is 9.53 Å². The maximum atomic E-state index is 11.7. The zero-order chi connectivity index (χ0) is 11.8. The van der Waals surface area contributed by atoms with Crippen LogP contribution in [0.3, 0.4) is 0 Å². The fourth-order valence-electron chi connectivity index (χ4n) is 2.03. The lowest BCUT2D eigenvalue weighted by atomic mass is 9.99. The fourth-order valence-corrected chi connectivity index (χ4v) is 2.16. The Morgan fingerprint density at radius 2 is 1.71 bits per heavy atom. The highest BCUT2D eigenvalue weighted by Gasteiger charge is 2.31. The summed E-state index contributed by atoms with van der Waals surface area (Å²) < 4.78 is 5.38. The Morgan fingerprint density at radius 1 is 1.00 bits per heavy atom. The third-order valence-corrected chi connectivity index (χ3v) is 3.11. The number of esters is 1. The Morgan fingerprint density at radius 3 is 2.47 bits per heavy atom. The van der Waals surface area contributed by atoms with Crippen LogP contribution in [-0.2, 0) is 4.74 Å². The molecule has 0 radical (unpaired) electrons. The molecular formula is C14H9ClO2. The van der Waals surface area contributed by atoms with Crippen LogP contribution in [0, 0.1) is 0 Å². The van der Waals surface area contributed by atoms with Crippen LogP contribution in [0.25, 0.3) is 0 Å². The van der Waals surface area contributed by atoms with Crippen LogP contribution in [-0.4, -0.2) is 5.97 Å². The second-order valence-electron chi connectivity index (χ2n) is 3.92. The zero-order valence-corrected chi connectivity index (χ0v) is 9.65. The molecule has 0 unspecified atom stereocenters. The minimum atomic E-state index is -0.309. The number of benzene rings is 2. The van der Waals surface area contributed by atoms with Crippen molar-refractivity contribution in [3.05, 3.63) is 70.2 Å². The van der Waals surface area contributed by atoms with E-state index >= 15 is 0 Å². The second-order valence-corrected chi connectivity index (χ2v) is 4.36. The number of carbonyl (C=O) groups excluding carboxylic acids is 1. The Hall–Kier alpha value is -1.80. The molecule has 0 spiro atoms. The molecule has 0 amide bonds. The molecule has 3 rings (SSSR count). The summed E-state index contributed by atoms with van der Waals surface area (Å²) in [7, 11) is 0. The summed E-state index contributed by atoms with van der Waals surface area (Å²) in [6.07, 6.45) is -0.309. The first kappa shape index (κ1) is 10.4. The summed E-state index contributed by atoms with van der Waals surface area (Å²) in [5.74, 6) is -0.263. The number of ether oxygens (including phenoxy) is 1. The molecular weight excluding hydrogens is 236 g/mol. The van der Waals surface area contributed by atoms with Crippen molar-refractivity contribution in [2.45, 2.75) is 6.10 Å². The van der Waals surface area contributed by atoms with E-state index in [-0.39, 0.29) is 12.1 Å². The molecule has 0 N–H and O–H groups in total. The van der Waals surface area contributed by atoms with Gasteiger partial charge in [0.15, 0.2) is 6.10 Å². The summed E-state index contributed by atoms with van der Waals surface area (Å²) in [5.41, 5.74) is 2.50. The number of fused-ring (bicyclic) bond motifs is 1. The molecule has 0 aliphatic carbocycles. The van der Waals surface area contributed by atoms with E-state index in [0.29, 0.717) is 10.6 Å². The maximum absolute atomic E-state index is 11.7. The van der Waals surface area contributed by atoms with Gasteiger partial charge in [0, 0.05) is 10.6 Å². The van der Waals surface area contributed by atoms with E-state index in [1.54, 1.807) is 18.2 Å². The Labute approximate surface area is 104 Å². The van der Waals surface area contributed by atoms with Gasteiger partial charge in [-0.15, -0.1) is 0 Å². The minimum Gasteiger partial charge on any atom is -0.449 e. The third kappa shape index (κ3) is 1.71. The Kier molecular flexibility index (Phi) is 2.37. The van der Waals surface area contributed by atoms with Crippen molar-refractivity contribution in [2.24, 2.45) is 0 Å². The molecule has 2 nitrogen and oxygen atoms in total. The average Bonchev–Trinajstić information content (AvgIpc) is 2.69. The molecule has 0 aromatic heterocycles. The first-order chi connectivity index (χ1) is 8.25. The largest absolute Gasteiger partial charge is 0.449 e. The second kappa shape index (κ2) is 3.90. The summed E-state index contributed by atoms with van der Waals surface area (Å²) in [6, 6.07) is 14.8. The highest BCUT2D eigenvalue weighted by molar-refractivity contribution is 6.30. The number of hydrogen-bond donors (Lipinski definition) is 0. The number of halogens is 1. The number of carbonyl (C=O) groups is 1. The van der Waals surface area contributed by atoms with E-state index in [9.17, 15) is 4.79 Å². The van der Waals surface area contributed by atoms with Gasteiger partial charge in [-0.1, -0.05) is 41.9 Å². The molecule has 0 saturated heterocycles. The van der Waals surface area contributed by atoms with Crippen molar-refractivity contribution in [3.8, 4) is 0 Å². The molecule has 0 bridgehead atoms. The molecule has 84 valence electrons. The van der Waals surface area contributed by atoms with Crippen LogP contribution in [0.2, 0.25) is 5.02 Å². The van der Waals surface area contributed by atoms with Gasteiger partial charge in [-0.2, -0.15) is 0 Å². The molecule has 1 atom stereocenters. The maximum Gasteiger partial charge on any atom is 0.339 e. The third-order valence-electron chi connectivity index (χ3n) is 2.86. The van der Waals surface area contributed by atoms with Crippen LogP contribution < -0.4 is 0 Å². The van der Waals surface area contributed by atoms with E-state index in [4.69, 9.17) is 16.3 Å². The molecule has 2 aromatic rings. The van der Waals surface area contributed by atoms with Crippen molar-refractivity contribution >= 4 is 17.6 Å². The Bertz CT molecular complexity index is 575. The fraction of sp³-hybridized carbons (Fsp3) is 0.0714. The molecule has 1 aliphatic rings. The summed E-state index contributed by atoms with van der Waals surface area (Å²) in [6.45, 7) is 0. The van der Waals surface area contributed by atoms with Crippen LogP contribution in [0.4, 0.5) is 0 Å². The van der Waals surface area contributed by atoms with Gasteiger partial charge in [0.05, 0.1) is 5.56 Å². The first-order valence-corrected chi connectivity index (χ1v) is 5.69. The van der Waals surface area contributed by atoms with Crippen LogP contribution in [0.1, 0.15) is 27.6 Å². The summed E-state index contributed by atoms with van der Waals surface area (Å²) >= 11 is 5.84. The van der Waals surface area contributed by atoms with E-state index in [2.05, 4.69) is 0 Å². The van der Waals surface area contributed by atoms with E-state index in [1.165, 1.54) is 0 Å². The summed E-state index contributed by atoms with van der Waals surface area (Å²) in [4.78, 5) is 11.7. The summed E-state index contributed by atoms with van der Waals surface area (Å²) in [5, 5.41) is 0.673. The Balaban J connectivity index is 2.07. The first-order valence-electron chi connectivity index (χ1n) is 5.31. The topological polar surface area (TPSA) is 26.3 Å². The van der Waals surface area contributed by atoms with Gasteiger partial charge in [0.1, 0.15) is 0 Å². The van der Waals surface area contributed by atoms with Crippen LogP contribution in [0.5, 0.6) is 0 Å². The van der Waals surface area contributed by atoms with Gasteiger partial charge in [0.25, 0.3) is 0 Å². The predicted octanol–water partition coefficient (Wildman–Crippen LogP) is 3.60. The molecule has 0 fully saturated rings. The SMILES string of the molecule is O=C1O[C@H](c2ccc(Cl)cc2)c2ccccc21. The molecule has 17 heavy (non-hydrogen) atoms.